The molecule has 1 aromatic rings. The van der Waals surface area contributed by atoms with Crippen molar-refractivity contribution in [3.8, 4) is 0 Å². The van der Waals surface area contributed by atoms with Crippen LogP contribution in [0.2, 0.25) is 0 Å². The molecule has 0 amide bonds. The molecular weight excluding hydrogens is 296 g/mol. The Bertz CT molecular complexity index is 639. The number of fused-ring (bicyclic) bond motifs is 2. The van der Waals surface area contributed by atoms with E-state index in [1.807, 2.05) is 0 Å². The first kappa shape index (κ1) is 16.1. The maximum absolute atomic E-state index is 13.3. The van der Waals surface area contributed by atoms with Gasteiger partial charge in [-0.3, -0.25) is 9.59 Å². The van der Waals surface area contributed by atoms with Gasteiger partial charge in [0, 0.05) is 11.8 Å². The molecule has 0 heterocycles. The molecule has 128 valence electrons. The summed E-state index contributed by atoms with van der Waals surface area (Å²) < 4.78 is 0. The van der Waals surface area contributed by atoms with Gasteiger partial charge >= 0.3 is 0 Å². The highest BCUT2D eigenvalue weighted by Crippen LogP contribution is 2.56. The van der Waals surface area contributed by atoms with Crippen molar-refractivity contribution in [1.82, 2.24) is 0 Å². The number of ketones is 2. The molecule has 24 heavy (non-hydrogen) atoms. The molecule has 4 aliphatic carbocycles. The third-order valence-electron chi connectivity index (χ3n) is 6.99. The van der Waals surface area contributed by atoms with Gasteiger partial charge in [0.2, 0.25) is 0 Å². The van der Waals surface area contributed by atoms with Crippen LogP contribution in [0, 0.1) is 30.6 Å². The maximum Gasteiger partial charge on any atom is 0.151 e. The Balaban J connectivity index is 1.83. The molecule has 1 unspecified atom stereocenters. The lowest BCUT2D eigenvalue weighted by molar-refractivity contribution is -0.129. The third-order valence-corrected chi connectivity index (χ3v) is 6.99. The SMILES string of the molecule is CCc1cc(C)cc(CC)c1C1C(=O)[C@@H]2C3CCC(CC3)[C@@H]2C1=O. The summed E-state index contributed by atoms with van der Waals surface area (Å²) in [6.45, 7) is 6.39. The van der Waals surface area contributed by atoms with Gasteiger partial charge in [0.25, 0.3) is 0 Å². The molecule has 4 aliphatic rings. The lowest BCUT2D eigenvalue weighted by atomic mass is 9.59. The van der Waals surface area contributed by atoms with Crippen LogP contribution in [-0.4, -0.2) is 11.6 Å². The van der Waals surface area contributed by atoms with Crippen LogP contribution in [0.5, 0.6) is 0 Å². The molecule has 3 atom stereocenters. The van der Waals surface area contributed by atoms with Crippen molar-refractivity contribution >= 4 is 11.6 Å². The fourth-order valence-electron chi connectivity index (χ4n) is 5.99. The van der Waals surface area contributed by atoms with Gasteiger partial charge in [-0.05, 0) is 74.0 Å². The first-order valence-electron chi connectivity index (χ1n) is 9.76. The molecule has 4 saturated carbocycles. The highest BCUT2D eigenvalue weighted by atomic mass is 16.2. The zero-order chi connectivity index (χ0) is 17.0. The van der Waals surface area contributed by atoms with Crippen molar-refractivity contribution in [2.75, 3.05) is 0 Å². The molecule has 0 aliphatic heterocycles. The van der Waals surface area contributed by atoms with Crippen molar-refractivity contribution in [3.05, 3.63) is 34.4 Å². The van der Waals surface area contributed by atoms with Gasteiger partial charge in [0.05, 0.1) is 0 Å². The van der Waals surface area contributed by atoms with E-state index in [4.69, 9.17) is 0 Å². The second-order valence-corrected chi connectivity index (χ2v) is 8.17. The van der Waals surface area contributed by atoms with Crippen molar-refractivity contribution in [3.63, 3.8) is 0 Å². The van der Waals surface area contributed by atoms with E-state index in [9.17, 15) is 9.59 Å². The van der Waals surface area contributed by atoms with Crippen molar-refractivity contribution in [2.24, 2.45) is 23.7 Å². The molecule has 2 heteroatoms. The van der Waals surface area contributed by atoms with Crippen LogP contribution in [-0.2, 0) is 22.4 Å². The molecule has 0 N–H and O–H groups in total. The minimum Gasteiger partial charge on any atom is -0.298 e. The van der Waals surface area contributed by atoms with Gasteiger partial charge in [-0.1, -0.05) is 31.5 Å². The standard InChI is InChI=1S/C22H28O2/c1-4-13-10-12(3)11-14(5-2)17(13)20-21(23)18-15-6-7-16(9-8-15)19(18)22(20)24/h10-11,15-16,18-20H,4-9H2,1-3H3/t15?,16?,18-,19+,20?. The minimum atomic E-state index is -0.466. The monoisotopic (exact) mass is 324 g/mol. The van der Waals surface area contributed by atoms with Gasteiger partial charge in [-0.15, -0.1) is 0 Å². The van der Waals surface area contributed by atoms with E-state index in [1.165, 1.54) is 16.7 Å². The summed E-state index contributed by atoms with van der Waals surface area (Å²) in [5.41, 5.74) is 4.74. The molecule has 0 saturated heterocycles. The van der Waals surface area contributed by atoms with Crippen LogP contribution >= 0.6 is 0 Å². The Kier molecular flexibility index (Phi) is 3.89. The Hall–Kier alpha value is -1.44. The molecule has 0 aromatic heterocycles. The van der Waals surface area contributed by atoms with Crippen molar-refractivity contribution in [1.29, 1.82) is 0 Å². The smallest absolute Gasteiger partial charge is 0.151 e. The number of hydrogen-bond donors (Lipinski definition) is 0. The summed E-state index contributed by atoms with van der Waals surface area (Å²) in [5, 5.41) is 0. The zero-order valence-corrected chi connectivity index (χ0v) is 15.1. The average Bonchev–Trinajstić information content (AvgIpc) is 2.88. The number of carbonyl (C=O) groups is 2. The summed E-state index contributed by atoms with van der Waals surface area (Å²) in [6, 6.07) is 4.37. The summed E-state index contributed by atoms with van der Waals surface area (Å²) in [6.07, 6.45) is 6.42. The summed E-state index contributed by atoms with van der Waals surface area (Å²) in [7, 11) is 0. The number of carbonyl (C=O) groups excluding carboxylic acids is 2. The molecule has 2 bridgehead atoms. The van der Waals surface area contributed by atoms with E-state index < -0.39 is 5.92 Å². The molecule has 0 spiro atoms. The third kappa shape index (κ3) is 2.14. The molecule has 4 fully saturated rings. The van der Waals surface area contributed by atoms with E-state index in [0.717, 1.165) is 44.1 Å². The quantitative estimate of drug-likeness (QED) is 0.772. The Labute approximate surface area is 145 Å². The van der Waals surface area contributed by atoms with Crippen molar-refractivity contribution < 1.29 is 9.59 Å². The highest BCUT2D eigenvalue weighted by molar-refractivity contribution is 6.16. The largest absolute Gasteiger partial charge is 0.298 e. The first-order valence-corrected chi connectivity index (χ1v) is 9.76. The molecule has 1 aromatic carbocycles. The predicted molar refractivity (Wildman–Crippen MR) is 95.1 cm³/mol. The van der Waals surface area contributed by atoms with E-state index in [-0.39, 0.29) is 23.4 Å². The Morgan fingerprint density at radius 1 is 0.833 bits per heavy atom. The van der Waals surface area contributed by atoms with Crippen LogP contribution in [0.4, 0.5) is 0 Å². The molecule has 5 rings (SSSR count). The topological polar surface area (TPSA) is 34.1 Å². The van der Waals surface area contributed by atoms with E-state index in [2.05, 4.69) is 32.9 Å². The van der Waals surface area contributed by atoms with Gasteiger partial charge < -0.3 is 0 Å². The summed E-state index contributed by atoms with van der Waals surface area (Å²) in [5.74, 6) is 1.06. The first-order chi connectivity index (χ1) is 11.6. The number of Topliss-reactive ketones (excluding diaryl/α,β-unsaturated/α-hetero) is 2. The van der Waals surface area contributed by atoms with Crippen LogP contribution < -0.4 is 0 Å². The van der Waals surface area contributed by atoms with Crippen molar-refractivity contribution in [2.45, 2.75) is 65.2 Å². The van der Waals surface area contributed by atoms with Gasteiger partial charge in [-0.25, -0.2) is 0 Å². The minimum absolute atomic E-state index is 0.0331. The fraction of sp³-hybridized carbons (Fsp3) is 0.636. The zero-order valence-electron chi connectivity index (χ0n) is 15.1. The Morgan fingerprint density at radius 2 is 1.25 bits per heavy atom. The van der Waals surface area contributed by atoms with Crippen LogP contribution in [0.1, 0.15) is 67.7 Å². The average molecular weight is 324 g/mol. The normalized spacial score (nSPS) is 34.7. The van der Waals surface area contributed by atoms with Gasteiger partial charge in [0.15, 0.2) is 11.6 Å². The summed E-state index contributed by atoms with van der Waals surface area (Å²) >= 11 is 0. The van der Waals surface area contributed by atoms with E-state index >= 15 is 0 Å². The second-order valence-electron chi connectivity index (χ2n) is 8.17. The lowest BCUT2D eigenvalue weighted by Gasteiger charge is -2.43. The lowest BCUT2D eigenvalue weighted by Crippen LogP contribution is -2.41. The number of rotatable bonds is 3. The molecule has 2 nitrogen and oxygen atoms in total. The highest BCUT2D eigenvalue weighted by Gasteiger charge is 2.59. The number of hydrogen-bond acceptors (Lipinski definition) is 2. The van der Waals surface area contributed by atoms with Gasteiger partial charge in [-0.2, -0.15) is 0 Å². The number of benzene rings is 1. The van der Waals surface area contributed by atoms with Crippen LogP contribution in [0.15, 0.2) is 12.1 Å². The van der Waals surface area contributed by atoms with Gasteiger partial charge in [0.1, 0.15) is 5.92 Å². The van der Waals surface area contributed by atoms with Crippen LogP contribution in [0.25, 0.3) is 0 Å². The van der Waals surface area contributed by atoms with E-state index in [1.54, 1.807) is 0 Å². The second kappa shape index (κ2) is 5.82. The predicted octanol–water partition coefficient (Wildman–Crippen LogP) is 4.41. The van der Waals surface area contributed by atoms with E-state index in [0.29, 0.717) is 11.8 Å². The molecule has 0 radical (unpaired) electrons. The van der Waals surface area contributed by atoms with Crippen LogP contribution in [0.3, 0.4) is 0 Å². The fourth-order valence-corrected chi connectivity index (χ4v) is 5.99. The summed E-state index contributed by atoms with van der Waals surface area (Å²) in [4.78, 5) is 26.7. The molecular formula is C22H28O2. The Morgan fingerprint density at radius 3 is 1.62 bits per heavy atom. The number of aryl methyl sites for hydroxylation is 3. The maximum atomic E-state index is 13.3.